The summed E-state index contributed by atoms with van der Waals surface area (Å²) in [5.41, 5.74) is -0.00164. The zero-order valence-electron chi connectivity index (χ0n) is 19.2. The third-order valence-electron chi connectivity index (χ3n) is 5.43. The van der Waals surface area contributed by atoms with Crippen LogP contribution in [0, 0.1) is 20.2 Å². The lowest BCUT2D eigenvalue weighted by atomic mass is 10.1. The summed E-state index contributed by atoms with van der Waals surface area (Å²) >= 11 is 0. The van der Waals surface area contributed by atoms with E-state index >= 15 is 0 Å². The van der Waals surface area contributed by atoms with E-state index in [0.29, 0.717) is 22.6 Å². The Kier molecular flexibility index (Phi) is 6.77. The highest BCUT2D eigenvalue weighted by Crippen LogP contribution is 2.36. The minimum absolute atomic E-state index is 0.0918. The van der Waals surface area contributed by atoms with Gasteiger partial charge >= 0.3 is 5.97 Å². The number of amides is 2. The van der Waals surface area contributed by atoms with Crippen molar-refractivity contribution in [3.63, 3.8) is 0 Å². The predicted molar refractivity (Wildman–Crippen MR) is 129 cm³/mol. The number of benzene rings is 3. The van der Waals surface area contributed by atoms with E-state index in [2.05, 4.69) is 5.32 Å². The molecule has 0 bridgehead atoms. The third kappa shape index (κ3) is 5.35. The van der Waals surface area contributed by atoms with Crippen LogP contribution in [0.4, 0.5) is 22.7 Å². The molecule has 0 unspecified atom stereocenters. The molecule has 2 amide bonds. The van der Waals surface area contributed by atoms with Gasteiger partial charge in [-0.1, -0.05) is 12.1 Å². The highest BCUT2D eigenvalue weighted by molar-refractivity contribution is 6.06. The predicted octanol–water partition coefficient (Wildman–Crippen LogP) is 3.47. The number of carbonyl (C=O) groups excluding carboxylic acids is 3. The van der Waals surface area contributed by atoms with Crippen molar-refractivity contribution < 1.29 is 33.7 Å². The molecule has 3 aromatic rings. The molecule has 0 saturated heterocycles. The van der Waals surface area contributed by atoms with E-state index in [-0.39, 0.29) is 30.3 Å². The molecule has 0 aromatic heterocycles. The minimum Gasteiger partial charge on any atom is -0.482 e. The van der Waals surface area contributed by atoms with Crippen LogP contribution in [0.3, 0.4) is 0 Å². The molecule has 0 saturated carbocycles. The zero-order chi connectivity index (χ0) is 26.7. The Labute approximate surface area is 208 Å². The van der Waals surface area contributed by atoms with E-state index in [4.69, 9.17) is 9.47 Å². The van der Waals surface area contributed by atoms with Gasteiger partial charge in [0.2, 0.25) is 0 Å². The summed E-state index contributed by atoms with van der Waals surface area (Å²) in [5.74, 6) is -1.35. The molecule has 1 aliphatic heterocycles. The second-order valence-electron chi connectivity index (χ2n) is 7.85. The number of fused-ring (bicyclic) bond motifs is 1. The summed E-state index contributed by atoms with van der Waals surface area (Å²) in [4.78, 5) is 59.4. The average Bonchev–Trinajstić information content (AvgIpc) is 2.89. The Balaban J connectivity index is 1.62. The molecule has 0 atom stereocenters. The van der Waals surface area contributed by atoms with Crippen molar-refractivity contribution in [2.45, 2.75) is 6.54 Å². The number of hydrogen-bond donors (Lipinski definition) is 1. The maximum atomic E-state index is 12.8. The van der Waals surface area contributed by atoms with Gasteiger partial charge < -0.3 is 19.7 Å². The van der Waals surface area contributed by atoms with Gasteiger partial charge in [0.15, 0.2) is 6.61 Å². The van der Waals surface area contributed by atoms with E-state index < -0.39 is 33.1 Å². The molecule has 0 aliphatic carbocycles. The van der Waals surface area contributed by atoms with Gasteiger partial charge in [-0.15, -0.1) is 0 Å². The maximum Gasteiger partial charge on any atom is 0.337 e. The van der Waals surface area contributed by atoms with Crippen molar-refractivity contribution in [2.24, 2.45) is 0 Å². The number of nitrogens with zero attached hydrogens (tertiary/aromatic N) is 3. The standard InChI is InChI=1S/C24H18N4O9/c1-36-24(31)15-4-2-3-14(7-15)12-26-20-10-17(5-6-21(20)37-13-22(26)29)25-23(30)16-8-18(27(32)33)11-19(9-16)28(34)35/h2-11H,12-13H2,1H3,(H,25,30). The summed E-state index contributed by atoms with van der Waals surface area (Å²) in [5, 5.41) is 24.8. The lowest BCUT2D eigenvalue weighted by molar-refractivity contribution is -0.394. The second kappa shape index (κ2) is 10.1. The summed E-state index contributed by atoms with van der Waals surface area (Å²) in [6.07, 6.45) is 0. The highest BCUT2D eigenvalue weighted by atomic mass is 16.6. The fourth-order valence-corrected chi connectivity index (χ4v) is 3.69. The van der Waals surface area contributed by atoms with Gasteiger partial charge in [0.1, 0.15) is 5.75 Å². The van der Waals surface area contributed by atoms with E-state index in [1.54, 1.807) is 24.3 Å². The number of carbonyl (C=O) groups is 3. The molecule has 13 heteroatoms. The fraction of sp³-hybridized carbons (Fsp3) is 0.125. The first kappa shape index (κ1) is 24.8. The van der Waals surface area contributed by atoms with Crippen LogP contribution in [0.1, 0.15) is 26.3 Å². The SMILES string of the molecule is COC(=O)c1cccc(CN2C(=O)COc3ccc(NC(=O)c4cc([N+](=O)[O-])cc([N+](=O)[O-])c4)cc32)c1. The lowest BCUT2D eigenvalue weighted by Gasteiger charge is -2.30. The molecule has 4 rings (SSSR count). The first-order valence-corrected chi connectivity index (χ1v) is 10.7. The summed E-state index contributed by atoms with van der Waals surface area (Å²) < 4.78 is 10.2. The Morgan fingerprint density at radius 1 is 1.00 bits per heavy atom. The van der Waals surface area contributed by atoms with Crippen LogP contribution in [-0.4, -0.2) is 41.3 Å². The van der Waals surface area contributed by atoms with Gasteiger partial charge in [0.05, 0.1) is 46.4 Å². The number of anilines is 2. The van der Waals surface area contributed by atoms with Crippen LogP contribution in [0.15, 0.2) is 60.7 Å². The Hall–Kier alpha value is -5.33. The van der Waals surface area contributed by atoms with Crippen LogP contribution in [-0.2, 0) is 16.1 Å². The number of esters is 1. The van der Waals surface area contributed by atoms with E-state index in [1.165, 1.54) is 30.2 Å². The molecule has 1 aliphatic rings. The molecule has 0 spiro atoms. The van der Waals surface area contributed by atoms with Crippen molar-refractivity contribution >= 4 is 40.5 Å². The molecule has 37 heavy (non-hydrogen) atoms. The van der Waals surface area contributed by atoms with Gasteiger partial charge in [-0.2, -0.15) is 0 Å². The van der Waals surface area contributed by atoms with Crippen LogP contribution >= 0.6 is 0 Å². The number of non-ortho nitro benzene ring substituents is 2. The maximum absolute atomic E-state index is 12.8. The number of nitro groups is 2. The third-order valence-corrected chi connectivity index (χ3v) is 5.43. The smallest absolute Gasteiger partial charge is 0.337 e. The first-order chi connectivity index (χ1) is 17.7. The average molecular weight is 506 g/mol. The van der Waals surface area contributed by atoms with Crippen LogP contribution in [0.2, 0.25) is 0 Å². The monoisotopic (exact) mass is 506 g/mol. The van der Waals surface area contributed by atoms with Crippen molar-refractivity contribution in [2.75, 3.05) is 23.9 Å². The van der Waals surface area contributed by atoms with Gasteiger partial charge in [0.25, 0.3) is 23.2 Å². The largest absolute Gasteiger partial charge is 0.482 e. The van der Waals surface area contributed by atoms with Crippen LogP contribution < -0.4 is 15.0 Å². The van der Waals surface area contributed by atoms with Crippen LogP contribution in [0.25, 0.3) is 0 Å². The van der Waals surface area contributed by atoms with Gasteiger partial charge in [-0.05, 0) is 35.9 Å². The Morgan fingerprint density at radius 3 is 2.35 bits per heavy atom. The van der Waals surface area contributed by atoms with Crippen molar-refractivity contribution in [1.29, 1.82) is 0 Å². The van der Waals surface area contributed by atoms with Gasteiger partial charge in [-0.3, -0.25) is 29.8 Å². The molecular formula is C24H18N4O9. The quantitative estimate of drug-likeness (QED) is 0.286. The Bertz CT molecular complexity index is 1420. The molecule has 0 fully saturated rings. The molecule has 1 heterocycles. The topological polar surface area (TPSA) is 171 Å². The normalized spacial score (nSPS) is 12.2. The molecule has 13 nitrogen and oxygen atoms in total. The molecule has 3 aromatic carbocycles. The van der Waals surface area contributed by atoms with Crippen molar-refractivity contribution in [1.82, 2.24) is 0 Å². The summed E-state index contributed by atoms with van der Waals surface area (Å²) in [7, 11) is 1.26. The van der Waals surface area contributed by atoms with Crippen molar-refractivity contribution in [3.05, 3.63) is 97.6 Å². The number of methoxy groups -OCH3 is 1. The number of hydrogen-bond acceptors (Lipinski definition) is 9. The molecule has 1 N–H and O–H groups in total. The summed E-state index contributed by atoms with van der Waals surface area (Å²) in [6.45, 7) is -0.124. The summed E-state index contributed by atoms with van der Waals surface area (Å²) in [6, 6.07) is 13.7. The molecule has 188 valence electrons. The molecule has 0 radical (unpaired) electrons. The van der Waals surface area contributed by atoms with E-state index in [9.17, 15) is 34.6 Å². The van der Waals surface area contributed by atoms with Crippen molar-refractivity contribution in [3.8, 4) is 5.75 Å². The second-order valence-corrected chi connectivity index (χ2v) is 7.85. The van der Waals surface area contributed by atoms with Crippen LogP contribution in [0.5, 0.6) is 5.75 Å². The minimum atomic E-state index is -0.835. The zero-order valence-corrected chi connectivity index (χ0v) is 19.2. The molecular weight excluding hydrogens is 488 g/mol. The number of nitro benzene ring substituents is 2. The number of rotatable bonds is 7. The van der Waals surface area contributed by atoms with E-state index in [0.717, 1.165) is 18.2 Å². The lowest BCUT2D eigenvalue weighted by Crippen LogP contribution is -2.38. The Morgan fingerprint density at radius 2 is 1.70 bits per heavy atom. The first-order valence-electron chi connectivity index (χ1n) is 10.7. The number of ether oxygens (including phenoxy) is 2. The van der Waals surface area contributed by atoms with E-state index in [1.807, 2.05) is 0 Å². The van der Waals surface area contributed by atoms with Gasteiger partial charge in [0, 0.05) is 17.8 Å². The van der Waals surface area contributed by atoms with Gasteiger partial charge in [-0.25, -0.2) is 4.79 Å². The highest BCUT2D eigenvalue weighted by Gasteiger charge is 2.27. The number of nitrogens with one attached hydrogen (secondary N) is 1. The fourth-order valence-electron chi connectivity index (χ4n) is 3.69.